The Kier molecular flexibility index (Phi) is 8.96. The zero-order valence-corrected chi connectivity index (χ0v) is 19.2. The average Bonchev–Trinajstić information content (AvgIpc) is 3.16. The van der Waals surface area contributed by atoms with Crippen LogP contribution in [0.1, 0.15) is 39.7 Å². The minimum atomic E-state index is -0.530. The average molecular weight is 434 g/mol. The number of carbonyl (C=O) groups is 2. The molecule has 2 rings (SSSR count). The Morgan fingerprint density at radius 2 is 1.90 bits per heavy atom. The van der Waals surface area contributed by atoms with Gasteiger partial charge < -0.3 is 30.3 Å². The van der Waals surface area contributed by atoms with Crippen molar-refractivity contribution in [2.45, 2.75) is 52.3 Å². The largest absolute Gasteiger partial charge is 0.497 e. The highest BCUT2D eigenvalue weighted by atomic mass is 16.6. The molecule has 1 aliphatic rings. The van der Waals surface area contributed by atoms with Gasteiger partial charge in [0, 0.05) is 26.2 Å². The highest BCUT2D eigenvalue weighted by Crippen LogP contribution is 2.12. The van der Waals surface area contributed by atoms with Gasteiger partial charge in [-0.25, -0.2) is 9.79 Å². The van der Waals surface area contributed by atoms with E-state index in [1.807, 2.05) is 56.9 Å². The van der Waals surface area contributed by atoms with Crippen molar-refractivity contribution in [1.82, 2.24) is 20.9 Å². The molecule has 0 aromatic heterocycles. The van der Waals surface area contributed by atoms with Crippen LogP contribution in [0.15, 0.2) is 29.3 Å². The van der Waals surface area contributed by atoms with E-state index in [9.17, 15) is 9.59 Å². The summed E-state index contributed by atoms with van der Waals surface area (Å²) in [6.45, 7) is 9.98. The quantitative estimate of drug-likeness (QED) is 0.448. The molecule has 3 N–H and O–H groups in total. The van der Waals surface area contributed by atoms with Gasteiger partial charge >= 0.3 is 6.09 Å². The topological polar surface area (TPSA) is 104 Å². The fourth-order valence-electron chi connectivity index (χ4n) is 3.12. The maximum absolute atomic E-state index is 12.2. The monoisotopic (exact) mass is 433 g/mol. The smallest absolute Gasteiger partial charge is 0.407 e. The number of rotatable bonds is 7. The Morgan fingerprint density at radius 1 is 1.19 bits per heavy atom. The minimum absolute atomic E-state index is 0.0254. The number of amides is 2. The molecule has 0 saturated carbocycles. The molecule has 1 saturated heterocycles. The molecule has 1 fully saturated rings. The molecule has 9 heteroatoms. The Bertz CT molecular complexity index is 758. The van der Waals surface area contributed by atoms with Crippen LogP contribution in [0.3, 0.4) is 0 Å². The number of aliphatic imine (C=N–C) groups is 1. The van der Waals surface area contributed by atoms with Gasteiger partial charge in [-0.15, -0.1) is 0 Å². The van der Waals surface area contributed by atoms with Gasteiger partial charge in [0.05, 0.1) is 13.2 Å². The molecule has 1 aromatic carbocycles. The van der Waals surface area contributed by atoms with E-state index in [4.69, 9.17) is 9.47 Å². The first-order valence-electron chi connectivity index (χ1n) is 10.6. The van der Waals surface area contributed by atoms with Gasteiger partial charge in [0.15, 0.2) is 5.96 Å². The first-order chi connectivity index (χ1) is 14.7. The number of carbonyl (C=O) groups excluding carboxylic acids is 2. The molecular weight excluding hydrogens is 398 g/mol. The number of hydrogen-bond acceptors (Lipinski definition) is 5. The number of methoxy groups -OCH3 is 1. The van der Waals surface area contributed by atoms with Crippen molar-refractivity contribution in [3.05, 3.63) is 29.8 Å². The molecule has 1 heterocycles. The second-order valence-electron chi connectivity index (χ2n) is 8.37. The third kappa shape index (κ3) is 8.74. The lowest BCUT2D eigenvalue weighted by Crippen LogP contribution is -2.44. The number of likely N-dealkylation sites (tertiary alicyclic amines) is 1. The number of hydrogen-bond donors (Lipinski definition) is 3. The second-order valence-corrected chi connectivity index (χ2v) is 8.37. The number of guanidine groups is 1. The molecule has 1 aromatic rings. The zero-order chi connectivity index (χ0) is 22.9. The van der Waals surface area contributed by atoms with Crippen LogP contribution < -0.4 is 20.7 Å². The Balaban J connectivity index is 1.83. The van der Waals surface area contributed by atoms with Gasteiger partial charge in [-0.3, -0.25) is 4.79 Å². The molecular formula is C22H35N5O4. The summed E-state index contributed by atoms with van der Waals surface area (Å²) < 4.78 is 10.5. The van der Waals surface area contributed by atoms with Crippen LogP contribution in [0.4, 0.5) is 4.79 Å². The van der Waals surface area contributed by atoms with Crippen LogP contribution in [-0.2, 0) is 16.1 Å². The van der Waals surface area contributed by atoms with Crippen molar-refractivity contribution < 1.29 is 19.1 Å². The molecule has 9 nitrogen and oxygen atoms in total. The highest BCUT2D eigenvalue weighted by molar-refractivity contribution is 5.85. The summed E-state index contributed by atoms with van der Waals surface area (Å²) in [5, 5.41) is 8.99. The molecule has 0 spiro atoms. The van der Waals surface area contributed by atoms with Crippen LogP contribution in [0.25, 0.3) is 0 Å². The zero-order valence-electron chi connectivity index (χ0n) is 19.2. The van der Waals surface area contributed by atoms with Gasteiger partial charge in [0.1, 0.15) is 17.9 Å². The molecule has 31 heavy (non-hydrogen) atoms. The van der Waals surface area contributed by atoms with Gasteiger partial charge in [-0.05, 0) is 51.8 Å². The first kappa shape index (κ1) is 24.3. The lowest BCUT2D eigenvalue weighted by Gasteiger charge is -2.23. The predicted octanol–water partition coefficient (Wildman–Crippen LogP) is 1.88. The highest BCUT2D eigenvalue weighted by Gasteiger charge is 2.27. The molecule has 0 aliphatic carbocycles. The van der Waals surface area contributed by atoms with Crippen molar-refractivity contribution in [1.29, 1.82) is 0 Å². The Hall–Kier alpha value is -2.97. The standard InChI is InChI=1S/C22H35N5O4/c1-6-23-20(27-12-11-17(15-27)26-21(29)31-22(2,3)4)25-14-19(28)24-13-16-7-9-18(30-5)10-8-16/h7-10,17H,6,11-15H2,1-5H3,(H,23,25)(H,24,28)(H,26,29). The van der Waals surface area contributed by atoms with E-state index in [1.165, 1.54) is 0 Å². The molecule has 1 atom stereocenters. The van der Waals surface area contributed by atoms with Crippen LogP contribution in [-0.4, -0.2) is 67.8 Å². The number of alkyl carbamates (subject to hydrolysis) is 1. The molecule has 2 amide bonds. The lowest BCUT2D eigenvalue weighted by molar-refractivity contribution is -0.119. The number of benzene rings is 1. The van der Waals surface area contributed by atoms with E-state index in [-0.39, 0.29) is 18.5 Å². The van der Waals surface area contributed by atoms with Crippen molar-refractivity contribution in [3.63, 3.8) is 0 Å². The molecule has 0 bridgehead atoms. The van der Waals surface area contributed by atoms with E-state index in [2.05, 4.69) is 20.9 Å². The number of ether oxygens (including phenoxy) is 2. The minimum Gasteiger partial charge on any atom is -0.497 e. The Labute approximate surface area is 184 Å². The predicted molar refractivity (Wildman–Crippen MR) is 120 cm³/mol. The maximum atomic E-state index is 12.2. The molecule has 172 valence electrons. The van der Waals surface area contributed by atoms with E-state index in [1.54, 1.807) is 7.11 Å². The van der Waals surface area contributed by atoms with Gasteiger partial charge in [-0.1, -0.05) is 12.1 Å². The van der Waals surface area contributed by atoms with Gasteiger partial charge in [0.2, 0.25) is 5.91 Å². The van der Waals surface area contributed by atoms with E-state index in [0.29, 0.717) is 25.6 Å². The lowest BCUT2D eigenvalue weighted by atomic mass is 10.2. The molecule has 0 radical (unpaired) electrons. The van der Waals surface area contributed by atoms with E-state index in [0.717, 1.165) is 24.3 Å². The van der Waals surface area contributed by atoms with E-state index < -0.39 is 11.7 Å². The second kappa shape index (κ2) is 11.4. The van der Waals surface area contributed by atoms with Crippen LogP contribution >= 0.6 is 0 Å². The fraction of sp³-hybridized carbons (Fsp3) is 0.591. The third-order valence-corrected chi connectivity index (χ3v) is 4.56. The third-order valence-electron chi connectivity index (χ3n) is 4.56. The first-order valence-corrected chi connectivity index (χ1v) is 10.6. The summed E-state index contributed by atoms with van der Waals surface area (Å²) >= 11 is 0. The van der Waals surface area contributed by atoms with Crippen molar-refractivity contribution in [2.75, 3.05) is 33.3 Å². The normalized spacial score (nSPS) is 16.6. The van der Waals surface area contributed by atoms with Crippen LogP contribution in [0.5, 0.6) is 5.75 Å². The van der Waals surface area contributed by atoms with E-state index >= 15 is 0 Å². The summed E-state index contributed by atoms with van der Waals surface area (Å²) in [5.74, 6) is 1.28. The van der Waals surface area contributed by atoms with Crippen molar-refractivity contribution >= 4 is 18.0 Å². The summed E-state index contributed by atoms with van der Waals surface area (Å²) in [5.41, 5.74) is 0.457. The van der Waals surface area contributed by atoms with Gasteiger partial charge in [-0.2, -0.15) is 0 Å². The Morgan fingerprint density at radius 3 is 2.52 bits per heavy atom. The number of nitrogens with one attached hydrogen (secondary N) is 3. The van der Waals surface area contributed by atoms with Crippen molar-refractivity contribution in [3.8, 4) is 5.75 Å². The summed E-state index contributed by atoms with van der Waals surface area (Å²) in [4.78, 5) is 30.7. The molecule has 1 unspecified atom stereocenters. The SMILES string of the molecule is CCNC(=NCC(=O)NCc1ccc(OC)cc1)N1CCC(NC(=O)OC(C)(C)C)C1. The van der Waals surface area contributed by atoms with Crippen LogP contribution in [0.2, 0.25) is 0 Å². The number of nitrogens with zero attached hydrogens (tertiary/aromatic N) is 2. The van der Waals surface area contributed by atoms with Gasteiger partial charge in [0.25, 0.3) is 0 Å². The summed E-state index contributed by atoms with van der Waals surface area (Å²) in [6.07, 6.45) is 0.368. The van der Waals surface area contributed by atoms with Crippen molar-refractivity contribution in [2.24, 2.45) is 4.99 Å². The maximum Gasteiger partial charge on any atom is 0.407 e. The fourth-order valence-corrected chi connectivity index (χ4v) is 3.12. The van der Waals surface area contributed by atoms with Crippen LogP contribution in [0, 0.1) is 0 Å². The molecule has 1 aliphatic heterocycles. The summed E-state index contributed by atoms with van der Waals surface area (Å²) in [6, 6.07) is 7.52. The summed E-state index contributed by atoms with van der Waals surface area (Å²) in [7, 11) is 1.62.